The SMILES string of the molecule is C=CCc1ccc(OCC(=O)N2CCC[C@H]2C(=O)O)c(OC)c1. The van der Waals surface area contributed by atoms with Crippen molar-refractivity contribution in [3.8, 4) is 11.5 Å². The van der Waals surface area contributed by atoms with Gasteiger partial charge in [0.2, 0.25) is 0 Å². The lowest BCUT2D eigenvalue weighted by molar-refractivity contribution is -0.149. The minimum absolute atomic E-state index is 0.207. The van der Waals surface area contributed by atoms with E-state index in [1.54, 1.807) is 12.1 Å². The Morgan fingerprint density at radius 1 is 1.43 bits per heavy atom. The monoisotopic (exact) mass is 319 g/mol. The van der Waals surface area contributed by atoms with Gasteiger partial charge < -0.3 is 19.5 Å². The second-order valence-electron chi connectivity index (χ2n) is 5.35. The van der Waals surface area contributed by atoms with E-state index in [9.17, 15) is 9.59 Å². The van der Waals surface area contributed by atoms with E-state index in [4.69, 9.17) is 14.6 Å². The van der Waals surface area contributed by atoms with Crippen molar-refractivity contribution in [1.29, 1.82) is 0 Å². The van der Waals surface area contributed by atoms with Crippen molar-refractivity contribution in [2.45, 2.75) is 25.3 Å². The van der Waals surface area contributed by atoms with Crippen molar-refractivity contribution in [3.63, 3.8) is 0 Å². The van der Waals surface area contributed by atoms with Crippen LogP contribution in [0.25, 0.3) is 0 Å². The molecule has 1 aromatic rings. The quantitative estimate of drug-likeness (QED) is 0.777. The number of benzene rings is 1. The summed E-state index contributed by atoms with van der Waals surface area (Å²) in [5.74, 6) is -0.303. The molecule has 0 spiro atoms. The van der Waals surface area contributed by atoms with Crippen molar-refractivity contribution < 1.29 is 24.2 Å². The van der Waals surface area contributed by atoms with E-state index in [2.05, 4.69) is 6.58 Å². The number of rotatable bonds is 7. The summed E-state index contributed by atoms with van der Waals surface area (Å²) in [5.41, 5.74) is 1.03. The van der Waals surface area contributed by atoms with Crippen LogP contribution in [0, 0.1) is 0 Å². The third-order valence-electron chi connectivity index (χ3n) is 3.82. The number of hydrogen-bond donors (Lipinski definition) is 1. The molecule has 0 bridgehead atoms. The maximum atomic E-state index is 12.2. The smallest absolute Gasteiger partial charge is 0.326 e. The maximum Gasteiger partial charge on any atom is 0.326 e. The first-order chi connectivity index (χ1) is 11.1. The summed E-state index contributed by atoms with van der Waals surface area (Å²) < 4.78 is 10.8. The standard InChI is InChI=1S/C17H21NO5/c1-3-5-12-7-8-14(15(10-12)22-2)23-11-16(19)18-9-4-6-13(18)17(20)21/h3,7-8,10,13H,1,4-6,9,11H2,2H3,(H,20,21)/t13-/m0/s1. The van der Waals surface area contributed by atoms with E-state index in [-0.39, 0.29) is 12.5 Å². The molecule has 0 aliphatic carbocycles. The van der Waals surface area contributed by atoms with Gasteiger partial charge in [0.1, 0.15) is 6.04 Å². The highest BCUT2D eigenvalue weighted by molar-refractivity contribution is 5.85. The zero-order valence-corrected chi connectivity index (χ0v) is 13.2. The summed E-state index contributed by atoms with van der Waals surface area (Å²) in [7, 11) is 1.53. The number of hydrogen-bond acceptors (Lipinski definition) is 4. The number of allylic oxidation sites excluding steroid dienone is 1. The van der Waals surface area contributed by atoms with Gasteiger partial charge in [-0.15, -0.1) is 6.58 Å². The molecule has 0 unspecified atom stereocenters. The average Bonchev–Trinajstić information content (AvgIpc) is 3.03. The second-order valence-corrected chi connectivity index (χ2v) is 5.35. The van der Waals surface area contributed by atoms with Gasteiger partial charge in [0.15, 0.2) is 18.1 Å². The van der Waals surface area contributed by atoms with Crippen LogP contribution in [0.15, 0.2) is 30.9 Å². The van der Waals surface area contributed by atoms with Crippen LogP contribution in [0.1, 0.15) is 18.4 Å². The van der Waals surface area contributed by atoms with Gasteiger partial charge in [-0.1, -0.05) is 12.1 Å². The molecule has 1 saturated heterocycles. The molecule has 1 amide bonds. The number of likely N-dealkylation sites (tertiary alicyclic amines) is 1. The van der Waals surface area contributed by atoms with E-state index in [1.807, 2.05) is 12.1 Å². The molecule has 0 aromatic heterocycles. The zero-order chi connectivity index (χ0) is 16.8. The topological polar surface area (TPSA) is 76.1 Å². The van der Waals surface area contributed by atoms with Crippen LogP contribution < -0.4 is 9.47 Å². The molecule has 1 aliphatic heterocycles. The number of carboxylic acid groups (broad SMARTS) is 1. The molecule has 1 aromatic carbocycles. The van der Waals surface area contributed by atoms with Gasteiger partial charge in [-0.3, -0.25) is 4.79 Å². The van der Waals surface area contributed by atoms with Crippen molar-refractivity contribution in [3.05, 3.63) is 36.4 Å². The van der Waals surface area contributed by atoms with Crippen LogP contribution in [0.2, 0.25) is 0 Å². The lowest BCUT2D eigenvalue weighted by atomic mass is 10.1. The first-order valence-corrected chi connectivity index (χ1v) is 7.49. The van der Waals surface area contributed by atoms with Crippen molar-refractivity contribution in [1.82, 2.24) is 4.90 Å². The summed E-state index contributed by atoms with van der Waals surface area (Å²) in [4.78, 5) is 24.7. The number of methoxy groups -OCH3 is 1. The summed E-state index contributed by atoms with van der Waals surface area (Å²) >= 11 is 0. The Labute approximate surface area is 135 Å². The number of carbonyl (C=O) groups excluding carboxylic acids is 1. The molecule has 2 rings (SSSR count). The van der Waals surface area contributed by atoms with Gasteiger partial charge in [0.05, 0.1) is 7.11 Å². The molecule has 6 nitrogen and oxygen atoms in total. The van der Waals surface area contributed by atoms with Gasteiger partial charge in [0.25, 0.3) is 5.91 Å². The van der Waals surface area contributed by atoms with Crippen molar-refractivity contribution in [2.24, 2.45) is 0 Å². The third kappa shape index (κ3) is 4.03. The van der Waals surface area contributed by atoms with E-state index < -0.39 is 12.0 Å². The van der Waals surface area contributed by atoms with Gasteiger partial charge in [-0.05, 0) is 37.0 Å². The van der Waals surface area contributed by atoms with Crippen LogP contribution in [0.5, 0.6) is 11.5 Å². The van der Waals surface area contributed by atoms with Crippen LogP contribution in [-0.2, 0) is 16.0 Å². The normalized spacial score (nSPS) is 16.9. The molecule has 0 radical (unpaired) electrons. The van der Waals surface area contributed by atoms with Gasteiger partial charge in [-0.25, -0.2) is 4.79 Å². The molecule has 1 heterocycles. The Morgan fingerprint density at radius 3 is 2.87 bits per heavy atom. The van der Waals surface area contributed by atoms with Crippen molar-refractivity contribution in [2.75, 3.05) is 20.3 Å². The minimum Gasteiger partial charge on any atom is -0.493 e. The Hall–Kier alpha value is -2.50. The molecule has 1 aliphatic rings. The number of carboxylic acids is 1. The molecule has 23 heavy (non-hydrogen) atoms. The number of carbonyl (C=O) groups is 2. The molecule has 1 fully saturated rings. The zero-order valence-electron chi connectivity index (χ0n) is 13.2. The van der Waals surface area contributed by atoms with E-state index >= 15 is 0 Å². The fraction of sp³-hybridized carbons (Fsp3) is 0.412. The maximum absolute atomic E-state index is 12.2. The molecular weight excluding hydrogens is 298 g/mol. The molecular formula is C17H21NO5. The van der Waals surface area contributed by atoms with E-state index in [0.29, 0.717) is 37.3 Å². The first-order valence-electron chi connectivity index (χ1n) is 7.49. The van der Waals surface area contributed by atoms with Crippen LogP contribution in [-0.4, -0.2) is 48.2 Å². The van der Waals surface area contributed by atoms with Crippen LogP contribution >= 0.6 is 0 Å². The first kappa shape index (κ1) is 16.9. The fourth-order valence-electron chi connectivity index (χ4n) is 2.67. The summed E-state index contributed by atoms with van der Waals surface area (Å²) in [6.07, 6.45) is 3.69. The van der Waals surface area contributed by atoms with Crippen LogP contribution in [0.3, 0.4) is 0 Å². The van der Waals surface area contributed by atoms with E-state index in [1.165, 1.54) is 12.0 Å². The fourth-order valence-corrected chi connectivity index (χ4v) is 2.67. The van der Waals surface area contributed by atoms with E-state index in [0.717, 1.165) is 5.56 Å². The highest BCUT2D eigenvalue weighted by atomic mass is 16.5. The number of ether oxygens (including phenoxy) is 2. The molecule has 0 saturated carbocycles. The predicted octanol–water partition coefficient (Wildman–Crippen LogP) is 1.88. The Bertz CT molecular complexity index is 599. The average molecular weight is 319 g/mol. The molecule has 1 atom stereocenters. The summed E-state index contributed by atoms with van der Waals surface area (Å²) in [6, 6.07) is 4.70. The van der Waals surface area contributed by atoms with Gasteiger partial charge in [0, 0.05) is 6.54 Å². The summed E-state index contributed by atoms with van der Waals surface area (Å²) in [5, 5.41) is 9.12. The molecule has 124 valence electrons. The lowest BCUT2D eigenvalue weighted by Gasteiger charge is -2.21. The van der Waals surface area contributed by atoms with Crippen LogP contribution in [0.4, 0.5) is 0 Å². The number of amides is 1. The number of nitrogens with zero attached hydrogens (tertiary/aromatic N) is 1. The Kier molecular flexibility index (Phi) is 5.62. The Balaban J connectivity index is 2.01. The number of aliphatic carboxylic acids is 1. The third-order valence-corrected chi connectivity index (χ3v) is 3.82. The lowest BCUT2D eigenvalue weighted by Crippen LogP contribution is -2.42. The molecule has 6 heteroatoms. The molecule has 1 N–H and O–H groups in total. The highest BCUT2D eigenvalue weighted by Gasteiger charge is 2.34. The minimum atomic E-state index is -0.970. The Morgan fingerprint density at radius 2 is 2.22 bits per heavy atom. The van der Waals surface area contributed by atoms with Gasteiger partial charge in [-0.2, -0.15) is 0 Å². The van der Waals surface area contributed by atoms with Crippen molar-refractivity contribution >= 4 is 11.9 Å². The summed E-state index contributed by atoms with van der Waals surface area (Å²) in [6.45, 7) is 3.93. The predicted molar refractivity (Wildman–Crippen MR) is 84.8 cm³/mol. The largest absolute Gasteiger partial charge is 0.493 e. The highest BCUT2D eigenvalue weighted by Crippen LogP contribution is 2.28. The second kappa shape index (κ2) is 7.67. The van der Waals surface area contributed by atoms with Gasteiger partial charge >= 0.3 is 5.97 Å².